The quantitative estimate of drug-likeness (QED) is 0.739. The molecular formula is C15H21N3O3. The summed E-state index contributed by atoms with van der Waals surface area (Å²) < 4.78 is 0. The van der Waals surface area contributed by atoms with Crippen LogP contribution in [0.2, 0.25) is 0 Å². The van der Waals surface area contributed by atoms with Gasteiger partial charge in [0, 0.05) is 35.6 Å². The Kier molecular flexibility index (Phi) is 6.55. The molecule has 0 aliphatic heterocycles. The molecule has 1 aromatic rings. The van der Waals surface area contributed by atoms with Crippen molar-refractivity contribution in [2.24, 2.45) is 0 Å². The SMILES string of the molecule is CC(CCN(C)C)NC(=O)c1ccncc1C=CC(=O)O. The Morgan fingerprint density at radius 1 is 1.48 bits per heavy atom. The number of aliphatic carboxylic acids is 1. The minimum Gasteiger partial charge on any atom is -0.478 e. The zero-order valence-corrected chi connectivity index (χ0v) is 12.5. The van der Waals surface area contributed by atoms with Crippen molar-refractivity contribution in [3.05, 3.63) is 35.7 Å². The fourth-order valence-electron chi connectivity index (χ4n) is 1.73. The van der Waals surface area contributed by atoms with Crippen LogP contribution in [0.4, 0.5) is 0 Å². The zero-order valence-electron chi connectivity index (χ0n) is 12.5. The second-order valence-electron chi connectivity index (χ2n) is 5.10. The summed E-state index contributed by atoms with van der Waals surface area (Å²) in [5.74, 6) is -1.29. The van der Waals surface area contributed by atoms with E-state index in [0.717, 1.165) is 19.0 Å². The fraction of sp³-hybridized carbons (Fsp3) is 0.400. The number of carboxylic acids is 1. The summed E-state index contributed by atoms with van der Waals surface area (Å²) in [7, 11) is 3.96. The van der Waals surface area contributed by atoms with E-state index >= 15 is 0 Å². The van der Waals surface area contributed by atoms with Gasteiger partial charge in [0.2, 0.25) is 0 Å². The smallest absolute Gasteiger partial charge is 0.328 e. The van der Waals surface area contributed by atoms with E-state index in [9.17, 15) is 9.59 Å². The molecule has 0 aromatic carbocycles. The first kappa shape index (κ1) is 16.8. The van der Waals surface area contributed by atoms with Gasteiger partial charge in [-0.2, -0.15) is 0 Å². The van der Waals surface area contributed by atoms with Crippen LogP contribution in [0.1, 0.15) is 29.3 Å². The van der Waals surface area contributed by atoms with Gasteiger partial charge in [-0.1, -0.05) is 0 Å². The minimum absolute atomic E-state index is 0.0318. The number of hydrogen-bond donors (Lipinski definition) is 2. The van der Waals surface area contributed by atoms with Crippen LogP contribution in [-0.4, -0.2) is 53.5 Å². The maximum absolute atomic E-state index is 12.2. The molecule has 1 rings (SSSR count). The second kappa shape index (κ2) is 8.16. The van der Waals surface area contributed by atoms with Crippen molar-refractivity contribution in [1.29, 1.82) is 0 Å². The molecule has 1 atom stereocenters. The maximum Gasteiger partial charge on any atom is 0.328 e. The molecule has 0 radical (unpaired) electrons. The van der Waals surface area contributed by atoms with Crippen molar-refractivity contribution in [3.63, 3.8) is 0 Å². The van der Waals surface area contributed by atoms with Crippen molar-refractivity contribution in [3.8, 4) is 0 Å². The molecule has 0 aliphatic carbocycles. The second-order valence-corrected chi connectivity index (χ2v) is 5.10. The topological polar surface area (TPSA) is 82.5 Å². The van der Waals surface area contributed by atoms with E-state index in [1.165, 1.54) is 18.5 Å². The van der Waals surface area contributed by atoms with E-state index in [1.54, 1.807) is 6.07 Å². The molecule has 0 bridgehead atoms. The lowest BCUT2D eigenvalue weighted by Gasteiger charge is -2.17. The summed E-state index contributed by atoms with van der Waals surface area (Å²) in [6, 6.07) is 1.61. The number of carbonyl (C=O) groups excluding carboxylic acids is 1. The molecule has 0 saturated carbocycles. The molecule has 1 amide bonds. The first-order valence-electron chi connectivity index (χ1n) is 6.70. The number of carboxylic acid groups (broad SMARTS) is 1. The third-order valence-electron chi connectivity index (χ3n) is 2.89. The molecule has 0 saturated heterocycles. The van der Waals surface area contributed by atoms with Crippen LogP contribution in [0.5, 0.6) is 0 Å². The molecule has 1 aromatic heterocycles. The van der Waals surface area contributed by atoms with Crippen molar-refractivity contribution in [1.82, 2.24) is 15.2 Å². The summed E-state index contributed by atoms with van der Waals surface area (Å²) in [6.45, 7) is 2.82. The summed E-state index contributed by atoms with van der Waals surface area (Å²) in [5, 5.41) is 11.6. The third-order valence-corrected chi connectivity index (χ3v) is 2.89. The maximum atomic E-state index is 12.2. The predicted octanol–water partition coefficient (Wildman–Crippen LogP) is 1.25. The zero-order chi connectivity index (χ0) is 15.8. The predicted molar refractivity (Wildman–Crippen MR) is 81.0 cm³/mol. The van der Waals surface area contributed by atoms with Gasteiger partial charge in [-0.25, -0.2) is 4.79 Å². The van der Waals surface area contributed by atoms with Gasteiger partial charge in [0.05, 0.1) is 0 Å². The number of pyridine rings is 1. The summed E-state index contributed by atoms with van der Waals surface area (Å²) in [5.41, 5.74) is 0.899. The third kappa shape index (κ3) is 6.18. The number of nitrogens with zero attached hydrogens (tertiary/aromatic N) is 2. The Bertz CT molecular complexity index is 527. The summed E-state index contributed by atoms with van der Waals surface area (Å²) in [4.78, 5) is 28.8. The standard InChI is InChI=1S/C15H21N3O3/c1-11(7-9-18(2)3)17-15(21)13-6-8-16-10-12(13)4-5-14(19)20/h4-6,8,10-11H,7,9H2,1-3H3,(H,17,21)(H,19,20). The van der Waals surface area contributed by atoms with E-state index in [-0.39, 0.29) is 11.9 Å². The van der Waals surface area contributed by atoms with E-state index in [2.05, 4.69) is 15.2 Å². The lowest BCUT2D eigenvalue weighted by molar-refractivity contribution is -0.131. The Morgan fingerprint density at radius 3 is 2.81 bits per heavy atom. The summed E-state index contributed by atoms with van der Waals surface area (Å²) in [6.07, 6.45) is 6.18. The number of rotatable bonds is 7. The average Bonchev–Trinajstić information content (AvgIpc) is 2.43. The number of hydrogen-bond acceptors (Lipinski definition) is 4. The first-order valence-corrected chi connectivity index (χ1v) is 6.70. The first-order chi connectivity index (χ1) is 9.90. The van der Waals surface area contributed by atoms with Crippen LogP contribution in [0, 0.1) is 0 Å². The molecule has 2 N–H and O–H groups in total. The van der Waals surface area contributed by atoms with Crippen LogP contribution >= 0.6 is 0 Å². The molecule has 1 unspecified atom stereocenters. The molecule has 6 nitrogen and oxygen atoms in total. The molecule has 1 heterocycles. The molecular weight excluding hydrogens is 270 g/mol. The molecule has 114 valence electrons. The monoisotopic (exact) mass is 291 g/mol. The minimum atomic E-state index is -1.07. The average molecular weight is 291 g/mol. The van der Waals surface area contributed by atoms with Crippen LogP contribution in [0.3, 0.4) is 0 Å². The normalized spacial score (nSPS) is 12.6. The Labute approximate surface area is 124 Å². The Hall–Kier alpha value is -2.21. The number of amides is 1. The highest BCUT2D eigenvalue weighted by Gasteiger charge is 2.13. The van der Waals surface area contributed by atoms with Gasteiger partial charge in [0.25, 0.3) is 5.91 Å². The van der Waals surface area contributed by atoms with Crippen molar-refractivity contribution >= 4 is 18.0 Å². The molecule has 0 aliphatic rings. The van der Waals surface area contributed by atoms with Gasteiger partial charge in [-0.05, 0) is 46.1 Å². The lowest BCUT2D eigenvalue weighted by atomic mass is 10.1. The Balaban J connectivity index is 2.76. The van der Waals surface area contributed by atoms with Gasteiger partial charge in [0.1, 0.15) is 0 Å². The summed E-state index contributed by atoms with van der Waals surface area (Å²) >= 11 is 0. The molecule has 0 spiro atoms. The highest BCUT2D eigenvalue weighted by atomic mass is 16.4. The van der Waals surface area contributed by atoms with Gasteiger partial charge >= 0.3 is 5.97 Å². The van der Waals surface area contributed by atoms with Crippen LogP contribution < -0.4 is 5.32 Å². The van der Waals surface area contributed by atoms with E-state index in [1.807, 2.05) is 21.0 Å². The largest absolute Gasteiger partial charge is 0.478 e. The van der Waals surface area contributed by atoms with E-state index in [4.69, 9.17) is 5.11 Å². The van der Waals surface area contributed by atoms with Crippen molar-refractivity contribution in [2.75, 3.05) is 20.6 Å². The highest BCUT2D eigenvalue weighted by molar-refractivity contribution is 5.98. The van der Waals surface area contributed by atoms with Crippen LogP contribution in [0.25, 0.3) is 6.08 Å². The van der Waals surface area contributed by atoms with Crippen LogP contribution in [0.15, 0.2) is 24.5 Å². The molecule has 6 heteroatoms. The molecule has 21 heavy (non-hydrogen) atoms. The Morgan fingerprint density at radius 2 is 2.19 bits per heavy atom. The van der Waals surface area contributed by atoms with Gasteiger partial charge < -0.3 is 15.3 Å². The van der Waals surface area contributed by atoms with Crippen molar-refractivity contribution < 1.29 is 14.7 Å². The van der Waals surface area contributed by atoms with E-state index in [0.29, 0.717) is 11.1 Å². The van der Waals surface area contributed by atoms with Gasteiger partial charge in [-0.15, -0.1) is 0 Å². The highest BCUT2D eigenvalue weighted by Crippen LogP contribution is 2.10. The molecule has 0 fully saturated rings. The van der Waals surface area contributed by atoms with E-state index < -0.39 is 5.97 Å². The van der Waals surface area contributed by atoms with Gasteiger partial charge in [-0.3, -0.25) is 9.78 Å². The number of carbonyl (C=O) groups is 2. The van der Waals surface area contributed by atoms with Gasteiger partial charge in [0.15, 0.2) is 0 Å². The fourth-order valence-corrected chi connectivity index (χ4v) is 1.73. The number of nitrogens with one attached hydrogen (secondary N) is 1. The van der Waals surface area contributed by atoms with Crippen LogP contribution in [-0.2, 0) is 4.79 Å². The lowest BCUT2D eigenvalue weighted by Crippen LogP contribution is -2.35. The number of aromatic nitrogens is 1. The van der Waals surface area contributed by atoms with Crippen molar-refractivity contribution in [2.45, 2.75) is 19.4 Å².